The summed E-state index contributed by atoms with van der Waals surface area (Å²) < 4.78 is 8.67. The van der Waals surface area contributed by atoms with Crippen LogP contribution in [0.3, 0.4) is 0 Å². The standard InChI is InChI=1S/C24H22BrNO2/c1-4-28-24(27)18-12-16(3)23-21(13-18)20-7-5-6-15(2)22(20)26(23)14-17-8-10-19(25)11-9-17/h5-13H,4,14H2,1-3H3. The third-order valence-corrected chi connectivity index (χ3v) is 5.66. The van der Waals surface area contributed by atoms with E-state index in [9.17, 15) is 4.79 Å². The van der Waals surface area contributed by atoms with Gasteiger partial charge in [-0.2, -0.15) is 0 Å². The number of rotatable bonds is 4. The van der Waals surface area contributed by atoms with Crippen LogP contribution in [0.1, 0.15) is 34.0 Å². The molecule has 3 nitrogen and oxygen atoms in total. The highest BCUT2D eigenvalue weighted by Crippen LogP contribution is 2.34. The summed E-state index contributed by atoms with van der Waals surface area (Å²) in [5.74, 6) is -0.269. The molecule has 0 N–H and O–H groups in total. The van der Waals surface area contributed by atoms with Crippen molar-refractivity contribution in [3.05, 3.63) is 81.3 Å². The predicted octanol–water partition coefficient (Wildman–Crippen LogP) is 6.40. The lowest BCUT2D eigenvalue weighted by atomic mass is 10.0. The van der Waals surface area contributed by atoms with Crippen LogP contribution in [0.15, 0.2) is 59.1 Å². The Kier molecular flexibility index (Phi) is 4.98. The maximum Gasteiger partial charge on any atom is 0.338 e. The van der Waals surface area contributed by atoms with Crippen LogP contribution in [0.5, 0.6) is 0 Å². The lowest BCUT2D eigenvalue weighted by molar-refractivity contribution is 0.0526. The van der Waals surface area contributed by atoms with Crippen molar-refractivity contribution in [1.29, 1.82) is 0 Å². The average Bonchev–Trinajstić information content (AvgIpc) is 2.99. The first-order chi connectivity index (χ1) is 13.5. The summed E-state index contributed by atoms with van der Waals surface area (Å²) >= 11 is 3.51. The maximum atomic E-state index is 12.3. The Balaban J connectivity index is 1.99. The van der Waals surface area contributed by atoms with Gasteiger partial charge >= 0.3 is 5.97 Å². The second kappa shape index (κ2) is 7.44. The number of halogens is 1. The quantitative estimate of drug-likeness (QED) is 0.347. The van der Waals surface area contributed by atoms with Gasteiger partial charge < -0.3 is 9.30 Å². The van der Waals surface area contributed by atoms with Crippen LogP contribution in [-0.2, 0) is 11.3 Å². The Morgan fingerprint density at radius 3 is 2.39 bits per heavy atom. The Morgan fingerprint density at radius 1 is 0.964 bits per heavy atom. The van der Waals surface area contributed by atoms with Crippen LogP contribution < -0.4 is 0 Å². The zero-order chi connectivity index (χ0) is 19.8. The van der Waals surface area contributed by atoms with Crippen molar-refractivity contribution < 1.29 is 9.53 Å². The number of ether oxygens (including phenoxy) is 1. The van der Waals surface area contributed by atoms with E-state index in [1.807, 2.05) is 19.1 Å². The number of hydrogen-bond acceptors (Lipinski definition) is 2. The predicted molar refractivity (Wildman–Crippen MR) is 118 cm³/mol. The molecule has 0 amide bonds. The van der Waals surface area contributed by atoms with E-state index in [0.29, 0.717) is 12.2 Å². The number of aromatic nitrogens is 1. The van der Waals surface area contributed by atoms with Gasteiger partial charge in [-0.15, -0.1) is 0 Å². The number of carbonyl (C=O) groups is 1. The first-order valence-corrected chi connectivity index (χ1v) is 10.2. The molecule has 4 aromatic rings. The fourth-order valence-electron chi connectivity index (χ4n) is 3.95. The average molecular weight is 436 g/mol. The molecule has 0 fully saturated rings. The van der Waals surface area contributed by atoms with E-state index in [0.717, 1.165) is 22.0 Å². The monoisotopic (exact) mass is 435 g/mol. The van der Waals surface area contributed by atoms with Crippen molar-refractivity contribution in [3.8, 4) is 0 Å². The van der Waals surface area contributed by atoms with Crippen LogP contribution in [0.25, 0.3) is 21.8 Å². The summed E-state index contributed by atoms with van der Waals surface area (Å²) in [5, 5.41) is 2.26. The Morgan fingerprint density at radius 2 is 1.68 bits per heavy atom. The summed E-state index contributed by atoms with van der Waals surface area (Å²) in [4.78, 5) is 12.3. The molecular weight excluding hydrogens is 414 g/mol. The lowest BCUT2D eigenvalue weighted by Crippen LogP contribution is -2.06. The van der Waals surface area contributed by atoms with Crippen LogP contribution >= 0.6 is 15.9 Å². The molecule has 3 aromatic carbocycles. The third-order valence-electron chi connectivity index (χ3n) is 5.13. The number of hydrogen-bond donors (Lipinski definition) is 0. The smallest absolute Gasteiger partial charge is 0.338 e. The molecule has 0 saturated heterocycles. The maximum absolute atomic E-state index is 12.3. The molecule has 0 aliphatic carbocycles. The van der Waals surface area contributed by atoms with Gasteiger partial charge in [-0.3, -0.25) is 0 Å². The highest BCUT2D eigenvalue weighted by molar-refractivity contribution is 9.10. The van der Waals surface area contributed by atoms with Crippen LogP contribution in [0.2, 0.25) is 0 Å². The number of para-hydroxylation sites is 1. The van der Waals surface area contributed by atoms with Crippen molar-refractivity contribution in [1.82, 2.24) is 4.57 Å². The van der Waals surface area contributed by atoms with Crippen molar-refractivity contribution in [2.45, 2.75) is 27.3 Å². The number of benzene rings is 3. The molecule has 0 atom stereocenters. The molecule has 0 aliphatic heterocycles. The van der Waals surface area contributed by atoms with Gasteiger partial charge in [0, 0.05) is 21.8 Å². The van der Waals surface area contributed by atoms with Gasteiger partial charge in [0.25, 0.3) is 0 Å². The fraction of sp³-hybridized carbons (Fsp3) is 0.208. The first-order valence-electron chi connectivity index (χ1n) is 9.43. The summed E-state index contributed by atoms with van der Waals surface area (Å²) in [5.41, 5.74) is 6.52. The fourth-order valence-corrected chi connectivity index (χ4v) is 4.22. The summed E-state index contributed by atoms with van der Waals surface area (Å²) in [7, 11) is 0. The molecule has 0 unspecified atom stereocenters. The molecular formula is C24H22BrNO2. The van der Waals surface area contributed by atoms with E-state index >= 15 is 0 Å². The zero-order valence-electron chi connectivity index (χ0n) is 16.3. The second-order valence-electron chi connectivity index (χ2n) is 7.09. The highest BCUT2D eigenvalue weighted by Gasteiger charge is 2.18. The van der Waals surface area contributed by atoms with Crippen molar-refractivity contribution in [3.63, 3.8) is 0 Å². The van der Waals surface area contributed by atoms with Gasteiger partial charge in [0.1, 0.15) is 0 Å². The van der Waals surface area contributed by atoms with E-state index in [-0.39, 0.29) is 5.97 Å². The SMILES string of the molecule is CCOC(=O)c1cc(C)c2c(c1)c1cccc(C)c1n2Cc1ccc(Br)cc1. The molecule has 1 heterocycles. The van der Waals surface area contributed by atoms with E-state index < -0.39 is 0 Å². The Hall–Kier alpha value is -2.59. The van der Waals surface area contributed by atoms with E-state index in [4.69, 9.17) is 4.74 Å². The van der Waals surface area contributed by atoms with Gasteiger partial charge in [-0.05, 0) is 61.7 Å². The largest absolute Gasteiger partial charge is 0.462 e. The molecule has 0 aliphatic rings. The minimum absolute atomic E-state index is 0.269. The Labute approximate surface area is 173 Å². The normalized spacial score (nSPS) is 11.3. The molecule has 142 valence electrons. The van der Waals surface area contributed by atoms with Crippen molar-refractivity contribution in [2.75, 3.05) is 6.61 Å². The minimum atomic E-state index is -0.269. The van der Waals surface area contributed by atoms with E-state index in [1.165, 1.54) is 27.5 Å². The molecule has 28 heavy (non-hydrogen) atoms. The van der Waals surface area contributed by atoms with Crippen molar-refractivity contribution >= 4 is 43.7 Å². The summed E-state index contributed by atoms with van der Waals surface area (Å²) in [6, 6.07) is 18.7. The van der Waals surface area contributed by atoms with E-state index in [2.05, 4.69) is 76.8 Å². The number of fused-ring (bicyclic) bond motifs is 3. The molecule has 4 heteroatoms. The van der Waals surface area contributed by atoms with Crippen LogP contribution in [0, 0.1) is 13.8 Å². The number of esters is 1. The molecule has 0 saturated carbocycles. The van der Waals surface area contributed by atoms with Gasteiger partial charge in [-0.25, -0.2) is 4.79 Å². The van der Waals surface area contributed by atoms with E-state index in [1.54, 1.807) is 0 Å². The summed E-state index contributed by atoms with van der Waals surface area (Å²) in [6.07, 6.45) is 0. The molecule has 4 rings (SSSR count). The van der Waals surface area contributed by atoms with Gasteiger partial charge in [-0.1, -0.05) is 46.3 Å². The molecule has 1 aromatic heterocycles. The number of carbonyl (C=O) groups excluding carboxylic acids is 1. The number of aryl methyl sites for hydroxylation is 2. The molecule has 0 bridgehead atoms. The Bertz CT molecular complexity index is 1190. The summed E-state index contributed by atoms with van der Waals surface area (Å²) in [6.45, 7) is 7.19. The third kappa shape index (κ3) is 3.22. The highest BCUT2D eigenvalue weighted by atomic mass is 79.9. The van der Waals surface area contributed by atoms with Crippen LogP contribution in [-0.4, -0.2) is 17.1 Å². The van der Waals surface area contributed by atoms with Gasteiger partial charge in [0.15, 0.2) is 0 Å². The lowest BCUT2D eigenvalue weighted by Gasteiger charge is -2.12. The van der Waals surface area contributed by atoms with Crippen LogP contribution in [0.4, 0.5) is 0 Å². The first kappa shape index (κ1) is 18.8. The topological polar surface area (TPSA) is 31.2 Å². The number of nitrogens with zero attached hydrogens (tertiary/aromatic N) is 1. The zero-order valence-corrected chi connectivity index (χ0v) is 17.8. The molecule has 0 radical (unpaired) electrons. The van der Waals surface area contributed by atoms with Gasteiger partial charge in [0.2, 0.25) is 0 Å². The molecule has 0 spiro atoms. The second-order valence-corrected chi connectivity index (χ2v) is 8.01. The van der Waals surface area contributed by atoms with Gasteiger partial charge in [0.05, 0.1) is 23.2 Å². The van der Waals surface area contributed by atoms with Crippen molar-refractivity contribution in [2.24, 2.45) is 0 Å². The minimum Gasteiger partial charge on any atom is -0.462 e.